The van der Waals surface area contributed by atoms with Crippen molar-refractivity contribution in [2.75, 3.05) is 19.8 Å². The molecule has 0 aliphatic heterocycles. The topological polar surface area (TPSA) is 192 Å². The van der Waals surface area contributed by atoms with Crippen molar-refractivity contribution in [3.63, 3.8) is 0 Å². The van der Waals surface area contributed by atoms with Gasteiger partial charge < -0.3 is 30.3 Å². The highest BCUT2D eigenvalue weighted by molar-refractivity contribution is 7.47. The van der Waals surface area contributed by atoms with Crippen LogP contribution in [0, 0.1) is 0 Å². The Labute approximate surface area is 393 Å². The molecule has 0 aliphatic rings. The van der Waals surface area contributed by atoms with E-state index in [-0.39, 0.29) is 12.8 Å². The van der Waals surface area contributed by atoms with Gasteiger partial charge in [0.1, 0.15) is 12.6 Å². The first-order valence-corrected chi connectivity index (χ1v) is 26.6. The maximum atomic E-state index is 12.7. The molecule has 0 amide bonds. The molecule has 0 aromatic carbocycles. The number of carboxylic acid groups (broad SMARTS) is 1. The summed E-state index contributed by atoms with van der Waals surface area (Å²) in [5.41, 5.74) is 5.34. The zero-order valence-electron chi connectivity index (χ0n) is 40.4. The number of aliphatic hydroxyl groups is 1. The average molecular weight is 936 g/mol. The van der Waals surface area contributed by atoms with Gasteiger partial charge in [-0.1, -0.05) is 215 Å². The van der Waals surface area contributed by atoms with E-state index in [1.54, 1.807) is 24.3 Å². The van der Waals surface area contributed by atoms with Crippen molar-refractivity contribution in [2.24, 2.45) is 5.73 Å². The maximum Gasteiger partial charge on any atom is 0.472 e. The summed E-state index contributed by atoms with van der Waals surface area (Å²) in [6.45, 7) is 2.54. The van der Waals surface area contributed by atoms with E-state index in [2.05, 4.69) is 54.8 Å². The Bertz CT molecular complexity index is 1390. The Morgan fingerprint density at radius 3 is 1.55 bits per heavy atom. The molecule has 0 aromatic rings. The zero-order chi connectivity index (χ0) is 47.9. The summed E-state index contributed by atoms with van der Waals surface area (Å²) in [4.78, 5) is 46.1. The van der Waals surface area contributed by atoms with Gasteiger partial charge in [0.25, 0.3) is 0 Å². The zero-order valence-corrected chi connectivity index (χ0v) is 41.3. The number of phosphoric acid groups is 1. The minimum Gasteiger partial charge on any atom is -0.480 e. The first kappa shape index (κ1) is 61.9. The van der Waals surface area contributed by atoms with Crippen molar-refractivity contribution in [1.29, 1.82) is 0 Å². The second-order valence-corrected chi connectivity index (χ2v) is 18.2. The molecule has 0 spiro atoms. The molecule has 0 heterocycles. The molecule has 0 aromatic heterocycles. The third-order valence-electron chi connectivity index (χ3n) is 10.6. The predicted octanol–water partition coefficient (Wildman–Crippen LogP) is 13.0. The summed E-state index contributed by atoms with van der Waals surface area (Å²) in [6, 6.07) is -1.55. The minimum atomic E-state index is -4.77. The highest BCUT2D eigenvalue weighted by atomic mass is 31.2. The van der Waals surface area contributed by atoms with Crippen LogP contribution in [0.3, 0.4) is 0 Å². The molecule has 0 aliphatic carbocycles. The maximum absolute atomic E-state index is 12.7. The van der Waals surface area contributed by atoms with E-state index in [4.69, 9.17) is 24.8 Å². The Hall–Kier alpha value is -3.12. The van der Waals surface area contributed by atoms with Crippen molar-refractivity contribution < 1.29 is 52.6 Å². The third-order valence-corrected chi connectivity index (χ3v) is 11.5. The molecule has 12 nitrogen and oxygen atoms in total. The highest BCUT2D eigenvalue weighted by Gasteiger charge is 2.28. The molecule has 2 unspecified atom stereocenters. The second kappa shape index (κ2) is 46.0. The summed E-state index contributed by atoms with van der Waals surface area (Å²) in [5, 5.41) is 19.1. The molecule has 0 radical (unpaired) electrons. The largest absolute Gasteiger partial charge is 0.480 e. The van der Waals surface area contributed by atoms with Crippen molar-refractivity contribution in [3.05, 3.63) is 72.9 Å². The summed E-state index contributed by atoms with van der Waals surface area (Å²) >= 11 is 0. The standard InChI is InChI=1S/C52H90NO11P/c1-3-5-7-9-11-13-15-17-18-19-20-21-22-23-24-26-28-30-32-34-38-42-50(55)61-44-48(45-62-65(59,60)63-46-49(53)52(57)58)64-51(56)43-39-35-37-41-47(54)40-36-33-31-29-27-25-16-14-12-10-8-6-4-2/h6,8,12,14,25,27,31,33,35-37,40,47-49,54H,3-5,7,9-11,13,15-24,26,28-30,32,34,38-39,41-46,53H2,1-2H3,(H,57,58)(H,59,60)/b8-6-,14-12-,27-25-,33-31-,37-35-,40-36-/t47?,48-,49+/m1/s1. The van der Waals surface area contributed by atoms with Crippen LogP contribution in [0.1, 0.15) is 200 Å². The molecular formula is C52H90NO11P. The van der Waals surface area contributed by atoms with Gasteiger partial charge in [0.05, 0.1) is 19.3 Å². The van der Waals surface area contributed by atoms with E-state index >= 15 is 0 Å². The van der Waals surface area contributed by atoms with Crippen molar-refractivity contribution >= 4 is 25.7 Å². The number of rotatable bonds is 46. The van der Waals surface area contributed by atoms with Crippen molar-refractivity contribution in [2.45, 2.75) is 218 Å². The third kappa shape index (κ3) is 45.8. The lowest BCUT2D eigenvalue weighted by Crippen LogP contribution is -2.34. The highest BCUT2D eigenvalue weighted by Crippen LogP contribution is 2.43. The summed E-state index contributed by atoms with van der Waals surface area (Å²) < 4.78 is 32.7. The molecule has 4 atom stereocenters. The molecular weight excluding hydrogens is 846 g/mol. The van der Waals surface area contributed by atoms with E-state index in [1.165, 1.54) is 109 Å². The molecule has 5 N–H and O–H groups in total. The Balaban J connectivity index is 4.43. The molecule has 0 rings (SSSR count). The Morgan fingerprint density at radius 2 is 1.05 bits per heavy atom. The number of allylic oxidation sites excluding steroid dienone is 10. The second-order valence-electron chi connectivity index (χ2n) is 16.8. The van der Waals surface area contributed by atoms with Gasteiger partial charge >= 0.3 is 25.7 Å². The minimum absolute atomic E-state index is 0.0466. The van der Waals surface area contributed by atoms with Crippen LogP contribution in [0.5, 0.6) is 0 Å². The van der Waals surface area contributed by atoms with E-state index in [9.17, 15) is 28.9 Å². The number of nitrogens with two attached hydrogens (primary N) is 1. The Kier molecular flexibility index (Phi) is 43.8. The number of phosphoric ester groups is 1. The number of aliphatic hydroxyl groups excluding tert-OH is 1. The summed E-state index contributed by atoms with van der Waals surface area (Å²) in [7, 11) is -4.77. The van der Waals surface area contributed by atoms with Gasteiger partial charge in [-0.25, -0.2) is 4.57 Å². The van der Waals surface area contributed by atoms with Crippen LogP contribution < -0.4 is 5.73 Å². The number of unbranched alkanes of at least 4 members (excludes halogenated alkanes) is 20. The van der Waals surface area contributed by atoms with Crippen LogP contribution in [0.2, 0.25) is 0 Å². The Morgan fingerprint density at radius 1 is 0.569 bits per heavy atom. The van der Waals surface area contributed by atoms with Gasteiger partial charge in [-0.15, -0.1) is 0 Å². The van der Waals surface area contributed by atoms with Gasteiger partial charge in [-0.05, 0) is 44.9 Å². The monoisotopic (exact) mass is 936 g/mol. The van der Waals surface area contributed by atoms with Crippen LogP contribution in [-0.4, -0.2) is 71.1 Å². The van der Waals surface area contributed by atoms with Crippen LogP contribution in [0.4, 0.5) is 0 Å². The van der Waals surface area contributed by atoms with Crippen LogP contribution >= 0.6 is 7.82 Å². The van der Waals surface area contributed by atoms with E-state index in [0.717, 1.165) is 44.9 Å². The van der Waals surface area contributed by atoms with Gasteiger partial charge in [-0.2, -0.15) is 0 Å². The molecule has 0 fully saturated rings. The SMILES string of the molecule is CC/C=C\C/C=C\C/C=C\C/C=C\C=C/C(O)C/C=C\CCC(=O)O[C@H](COC(=O)CCCCCCCCCCCCCCCCCCCCCCC)COP(=O)(O)OC[C@H](N)C(=O)O. The molecule has 0 saturated carbocycles. The van der Waals surface area contributed by atoms with Crippen molar-refractivity contribution in [3.8, 4) is 0 Å². The molecule has 65 heavy (non-hydrogen) atoms. The van der Waals surface area contributed by atoms with Gasteiger partial charge in [0.15, 0.2) is 6.10 Å². The van der Waals surface area contributed by atoms with Crippen LogP contribution in [0.15, 0.2) is 72.9 Å². The number of ether oxygens (including phenoxy) is 2. The quantitative estimate of drug-likeness (QED) is 0.0149. The fraction of sp³-hybridized carbons (Fsp3) is 0.712. The molecule has 13 heteroatoms. The lowest BCUT2D eigenvalue weighted by Gasteiger charge is -2.20. The molecule has 0 bridgehead atoms. The first-order valence-electron chi connectivity index (χ1n) is 25.1. The van der Waals surface area contributed by atoms with Gasteiger partial charge in [-0.3, -0.25) is 23.4 Å². The number of carbonyl (C=O) groups excluding carboxylic acids is 2. The number of aliphatic carboxylic acids is 1. The van der Waals surface area contributed by atoms with Crippen molar-refractivity contribution in [1.82, 2.24) is 0 Å². The van der Waals surface area contributed by atoms with E-state index in [1.807, 2.05) is 12.2 Å². The first-order chi connectivity index (χ1) is 31.5. The average Bonchev–Trinajstić information content (AvgIpc) is 3.28. The normalized spacial score (nSPS) is 14.7. The van der Waals surface area contributed by atoms with E-state index in [0.29, 0.717) is 19.3 Å². The summed E-state index contributed by atoms with van der Waals surface area (Å²) in [5.74, 6) is -2.58. The fourth-order valence-corrected chi connectivity index (χ4v) is 7.43. The summed E-state index contributed by atoms with van der Waals surface area (Å²) in [6.07, 6.45) is 52.9. The number of carboxylic acids is 1. The number of hydrogen-bond acceptors (Lipinski definition) is 10. The smallest absolute Gasteiger partial charge is 0.472 e. The number of esters is 2. The van der Waals surface area contributed by atoms with Crippen LogP contribution in [0.25, 0.3) is 0 Å². The van der Waals surface area contributed by atoms with Gasteiger partial charge in [0, 0.05) is 12.8 Å². The van der Waals surface area contributed by atoms with Gasteiger partial charge in [0.2, 0.25) is 0 Å². The number of carbonyl (C=O) groups is 3. The lowest BCUT2D eigenvalue weighted by molar-refractivity contribution is -0.161. The molecule has 374 valence electrons. The number of hydrogen-bond donors (Lipinski definition) is 4. The van der Waals surface area contributed by atoms with E-state index < -0.39 is 63.8 Å². The fourth-order valence-electron chi connectivity index (χ4n) is 6.65. The molecule has 0 saturated heterocycles. The lowest BCUT2D eigenvalue weighted by atomic mass is 10.0. The predicted molar refractivity (Wildman–Crippen MR) is 264 cm³/mol. The van der Waals surface area contributed by atoms with Crippen LogP contribution in [-0.2, 0) is 37.5 Å².